The molecule has 0 aromatic heterocycles. The van der Waals surface area contributed by atoms with Gasteiger partial charge in [-0.05, 0) is 37.0 Å². The average molecular weight is 430 g/mol. The molecule has 2 unspecified atom stereocenters. The summed E-state index contributed by atoms with van der Waals surface area (Å²) in [4.78, 5) is 28.4. The minimum Gasteiger partial charge on any atom is -0.469 e. The highest BCUT2D eigenvalue weighted by molar-refractivity contribution is 5.77. The van der Waals surface area contributed by atoms with E-state index in [4.69, 9.17) is 4.74 Å². The van der Waals surface area contributed by atoms with Crippen LogP contribution in [0.5, 0.6) is 5.75 Å². The molecule has 3 rings (SSSR count). The quantitative estimate of drug-likeness (QED) is 0.746. The zero-order valence-electron chi connectivity index (χ0n) is 16.6. The van der Waals surface area contributed by atoms with E-state index in [0.29, 0.717) is 44.5 Å². The molecule has 0 saturated carbocycles. The molecule has 0 bridgehead atoms. The van der Waals surface area contributed by atoms with Crippen molar-refractivity contribution in [1.82, 2.24) is 9.80 Å². The van der Waals surface area contributed by atoms with Crippen LogP contribution in [0.3, 0.4) is 0 Å². The molecule has 2 heterocycles. The topological polar surface area (TPSA) is 79.3 Å². The summed E-state index contributed by atoms with van der Waals surface area (Å²) in [6.07, 6.45) is -3.75. The molecule has 30 heavy (non-hydrogen) atoms. The van der Waals surface area contributed by atoms with Crippen molar-refractivity contribution in [2.45, 2.75) is 37.6 Å². The number of benzene rings is 1. The van der Waals surface area contributed by atoms with Crippen LogP contribution >= 0.6 is 0 Å². The molecule has 0 aliphatic carbocycles. The fourth-order valence-corrected chi connectivity index (χ4v) is 4.03. The molecule has 7 nitrogen and oxygen atoms in total. The molecule has 0 radical (unpaired) electrons. The maximum Gasteiger partial charge on any atom is 0.573 e. The van der Waals surface area contributed by atoms with Crippen LogP contribution in [-0.4, -0.2) is 72.7 Å². The molecular weight excluding hydrogens is 405 g/mol. The Morgan fingerprint density at radius 1 is 1.07 bits per heavy atom. The fraction of sp³-hybridized carbons (Fsp3) is 0.600. The highest BCUT2D eigenvalue weighted by Gasteiger charge is 2.37. The Labute approximate surface area is 172 Å². The van der Waals surface area contributed by atoms with Gasteiger partial charge in [0.25, 0.3) is 0 Å². The molecule has 166 valence electrons. The number of likely N-dealkylation sites (tertiary alicyclic amines) is 2. The van der Waals surface area contributed by atoms with Gasteiger partial charge < -0.3 is 24.4 Å². The number of halogens is 3. The lowest BCUT2D eigenvalue weighted by Crippen LogP contribution is -2.52. The van der Waals surface area contributed by atoms with E-state index in [9.17, 15) is 27.9 Å². The Balaban J connectivity index is 1.75. The Kier molecular flexibility index (Phi) is 6.74. The SMILES string of the molecule is COC(=O)C1CC(c2ccc(OC(F)(F)F)cc2)CN(C(=O)N2CCC(O)CC2)C1. The predicted molar refractivity (Wildman–Crippen MR) is 99.8 cm³/mol. The minimum atomic E-state index is -4.77. The second-order valence-corrected chi connectivity index (χ2v) is 7.68. The normalized spacial score (nSPS) is 23.2. The summed E-state index contributed by atoms with van der Waals surface area (Å²) in [6, 6.07) is 5.28. The Hall–Kier alpha value is -2.49. The largest absolute Gasteiger partial charge is 0.573 e. The Morgan fingerprint density at radius 3 is 2.27 bits per heavy atom. The first-order chi connectivity index (χ1) is 14.2. The van der Waals surface area contributed by atoms with Crippen LogP contribution in [0.1, 0.15) is 30.7 Å². The summed E-state index contributed by atoms with van der Waals surface area (Å²) in [7, 11) is 1.29. The second kappa shape index (κ2) is 9.11. The highest BCUT2D eigenvalue weighted by atomic mass is 19.4. The first kappa shape index (κ1) is 22.2. The predicted octanol–water partition coefficient (Wildman–Crippen LogP) is 2.74. The van der Waals surface area contributed by atoms with Crippen molar-refractivity contribution in [1.29, 1.82) is 0 Å². The van der Waals surface area contributed by atoms with E-state index >= 15 is 0 Å². The smallest absolute Gasteiger partial charge is 0.469 e. The Morgan fingerprint density at radius 2 is 1.70 bits per heavy atom. The number of hydrogen-bond acceptors (Lipinski definition) is 5. The molecule has 2 amide bonds. The minimum absolute atomic E-state index is 0.211. The van der Waals surface area contributed by atoms with Gasteiger partial charge in [-0.25, -0.2) is 4.79 Å². The number of aliphatic hydroxyl groups excluding tert-OH is 1. The fourth-order valence-electron chi connectivity index (χ4n) is 4.03. The van der Waals surface area contributed by atoms with Crippen LogP contribution in [0.15, 0.2) is 24.3 Å². The first-order valence-electron chi connectivity index (χ1n) is 9.81. The van der Waals surface area contributed by atoms with E-state index < -0.39 is 24.4 Å². The first-order valence-corrected chi connectivity index (χ1v) is 9.81. The lowest BCUT2D eigenvalue weighted by molar-refractivity contribution is -0.274. The van der Waals surface area contributed by atoms with Gasteiger partial charge in [0.15, 0.2) is 0 Å². The summed E-state index contributed by atoms with van der Waals surface area (Å²) >= 11 is 0. The molecule has 0 spiro atoms. The zero-order chi connectivity index (χ0) is 21.9. The van der Waals surface area contributed by atoms with E-state index in [1.807, 2.05) is 0 Å². The van der Waals surface area contributed by atoms with Crippen LogP contribution in [0, 0.1) is 5.92 Å². The molecule has 2 saturated heterocycles. The lowest BCUT2D eigenvalue weighted by atomic mass is 9.84. The van der Waals surface area contributed by atoms with Gasteiger partial charge in [0.05, 0.1) is 19.1 Å². The summed E-state index contributed by atoms with van der Waals surface area (Å²) < 4.78 is 45.9. The van der Waals surface area contributed by atoms with Gasteiger partial charge in [0.1, 0.15) is 5.75 Å². The van der Waals surface area contributed by atoms with Gasteiger partial charge in [-0.1, -0.05) is 12.1 Å². The van der Waals surface area contributed by atoms with Crippen LogP contribution < -0.4 is 4.74 Å². The Bertz CT molecular complexity index is 748. The lowest BCUT2D eigenvalue weighted by Gasteiger charge is -2.40. The van der Waals surface area contributed by atoms with E-state index in [2.05, 4.69) is 4.74 Å². The van der Waals surface area contributed by atoms with Crippen LogP contribution in [0.4, 0.5) is 18.0 Å². The number of nitrogens with zero attached hydrogens (tertiary/aromatic N) is 2. The van der Waals surface area contributed by atoms with Crippen LogP contribution in [0.2, 0.25) is 0 Å². The number of carbonyl (C=O) groups is 2. The number of methoxy groups -OCH3 is 1. The number of alkyl halides is 3. The van der Waals surface area contributed by atoms with Crippen molar-refractivity contribution >= 4 is 12.0 Å². The van der Waals surface area contributed by atoms with Crippen molar-refractivity contribution in [3.05, 3.63) is 29.8 Å². The highest BCUT2D eigenvalue weighted by Crippen LogP contribution is 2.33. The number of carbonyl (C=O) groups excluding carboxylic acids is 2. The number of urea groups is 1. The number of amides is 2. The maximum atomic E-state index is 13.0. The molecule has 2 fully saturated rings. The van der Waals surface area contributed by atoms with Gasteiger partial charge in [0, 0.05) is 32.1 Å². The van der Waals surface area contributed by atoms with Gasteiger partial charge in [-0.2, -0.15) is 0 Å². The number of hydrogen-bond donors (Lipinski definition) is 1. The monoisotopic (exact) mass is 430 g/mol. The van der Waals surface area contributed by atoms with Crippen LogP contribution in [0.25, 0.3) is 0 Å². The molecule has 1 aromatic carbocycles. The molecule has 1 N–H and O–H groups in total. The summed E-state index contributed by atoms with van der Waals surface area (Å²) in [5.41, 5.74) is 0.713. The molecule has 2 atom stereocenters. The number of piperidine rings is 2. The van der Waals surface area contributed by atoms with Crippen LogP contribution in [-0.2, 0) is 9.53 Å². The second-order valence-electron chi connectivity index (χ2n) is 7.68. The molecular formula is C20H25F3N2O5. The molecule has 2 aliphatic heterocycles. The van der Waals surface area contributed by atoms with E-state index in [1.165, 1.54) is 31.4 Å². The molecule has 1 aromatic rings. The molecule has 2 aliphatic rings. The van der Waals surface area contributed by atoms with Crippen molar-refractivity contribution < 1.29 is 37.3 Å². The zero-order valence-corrected chi connectivity index (χ0v) is 16.6. The number of rotatable bonds is 3. The number of aliphatic hydroxyl groups is 1. The number of esters is 1. The van der Waals surface area contributed by atoms with Crippen molar-refractivity contribution in [2.75, 3.05) is 33.3 Å². The van der Waals surface area contributed by atoms with E-state index in [1.54, 1.807) is 9.80 Å². The number of ether oxygens (including phenoxy) is 2. The van der Waals surface area contributed by atoms with E-state index in [-0.39, 0.29) is 24.2 Å². The third kappa shape index (κ3) is 5.56. The van der Waals surface area contributed by atoms with Crippen molar-refractivity contribution in [3.63, 3.8) is 0 Å². The van der Waals surface area contributed by atoms with Crippen molar-refractivity contribution in [3.8, 4) is 5.75 Å². The summed E-state index contributed by atoms with van der Waals surface area (Å²) in [5.74, 6) is -1.52. The van der Waals surface area contributed by atoms with Gasteiger partial charge >= 0.3 is 18.4 Å². The summed E-state index contributed by atoms with van der Waals surface area (Å²) in [5, 5.41) is 9.66. The third-order valence-corrected chi connectivity index (χ3v) is 5.58. The molecule has 10 heteroatoms. The maximum absolute atomic E-state index is 13.0. The van der Waals surface area contributed by atoms with E-state index in [0.717, 1.165) is 0 Å². The standard InChI is InChI=1S/C20H25F3N2O5/c1-29-18(27)15-10-14(13-2-4-17(5-3-13)30-20(21,22)23)11-25(12-15)19(28)24-8-6-16(26)7-9-24/h2-5,14-16,26H,6-12H2,1H3. The summed E-state index contributed by atoms with van der Waals surface area (Å²) in [6.45, 7) is 1.43. The van der Waals surface area contributed by atoms with Gasteiger partial charge in [0.2, 0.25) is 0 Å². The van der Waals surface area contributed by atoms with Gasteiger partial charge in [-0.3, -0.25) is 4.79 Å². The average Bonchev–Trinajstić information content (AvgIpc) is 2.72. The van der Waals surface area contributed by atoms with Gasteiger partial charge in [-0.15, -0.1) is 13.2 Å². The third-order valence-electron chi connectivity index (χ3n) is 5.58. The van der Waals surface area contributed by atoms with Crippen molar-refractivity contribution in [2.24, 2.45) is 5.92 Å².